The summed E-state index contributed by atoms with van der Waals surface area (Å²) in [5.41, 5.74) is 0.666. The summed E-state index contributed by atoms with van der Waals surface area (Å²) in [6.07, 6.45) is 8.06. The highest BCUT2D eigenvalue weighted by Gasteiger charge is 2.30. The summed E-state index contributed by atoms with van der Waals surface area (Å²) in [4.78, 5) is 13.3. The number of likely N-dealkylation sites (tertiary alicyclic amines) is 1. The number of nitrogens with one attached hydrogen (secondary N) is 1. The normalized spacial score (nSPS) is 24.2. The maximum Gasteiger partial charge on any atom is 0.295 e. The number of nitro benzene ring substituents is 1. The summed E-state index contributed by atoms with van der Waals surface area (Å²) >= 11 is 0. The third-order valence-electron chi connectivity index (χ3n) is 6.08. The molecule has 2 fully saturated rings. The predicted octanol–water partition coefficient (Wildman–Crippen LogP) is 4.66. The molecule has 28 heavy (non-hydrogen) atoms. The molecule has 1 heterocycles. The molecule has 2 aliphatic rings. The van der Waals surface area contributed by atoms with Crippen LogP contribution in [0.15, 0.2) is 12.1 Å². The van der Waals surface area contributed by atoms with Gasteiger partial charge in [0.15, 0.2) is 0 Å². The Kier molecular flexibility index (Phi) is 7.24. The Morgan fingerprint density at radius 2 is 1.89 bits per heavy atom. The van der Waals surface area contributed by atoms with Gasteiger partial charge in [-0.1, -0.05) is 6.92 Å². The maximum absolute atomic E-state index is 13.7. The first-order valence-corrected chi connectivity index (χ1v) is 10.5. The number of aryl methyl sites for hydroxylation is 1. The van der Waals surface area contributed by atoms with Crippen molar-refractivity contribution in [3.63, 3.8) is 0 Å². The lowest BCUT2D eigenvalue weighted by Gasteiger charge is -2.41. The van der Waals surface area contributed by atoms with E-state index in [1.165, 1.54) is 12.8 Å². The van der Waals surface area contributed by atoms with Gasteiger partial charge in [-0.15, -0.1) is 0 Å². The molecule has 0 bridgehead atoms. The molecule has 1 aliphatic heterocycles. The van der Waals surface area contributed by atoms with Gasteiger partial charge in [0.25, 0.3) is 5.69 Å². The predicted molar refractivity (Wildman–Crippen MR) is 108 cm³/mol. The highest BCUT2D eigenvalue weighted by molar-refractivity contribution is 5.63. The van der Waals surface area contributed by atoms with E-state index < -0.39 is 10.7 Å². The number of nitrogens with zero attached hydrogens (tertiary/aromatic N) is 2. The van der Waals surface area contributed by atoms with E-state index in [1.807, 2.05) is 0 Å². The summed E-state index contributed by atoms with van der Waals surface area (Å²) in [7, 11) is 0. The van der Waals surface area contributed by atoms with Crippen LogP contribution in [0.25, 0.3) is 0 Å². The van der Waals surface area contributed by atoms with Crippen molar-refractivity contribution in [3.05, 3.63) is 33.6 Å². The lowest BCUT2D eigenvalue weighted by Crippen LogP contribution is -2.46. The molecule has 0 atom stereocenters. The van der Waals surface area contributed by atoms with E-state index >= 15 is 0 Å². The van der Waals surface area contributed by atoms with Crippen molar-refractivity contribution in [2.75, 3.05) is 25.0 Å². The molecule has 6 nitrogen and oxygen atoms in total. The Balaban J connectivity index is 1.50. The fourth-order valence-corrected chi connectivity index (χ4v) is 4.43. The number of piperidine rings is 1. The largest absolute Gasteiger partial charge is 0.378 e. The summed E-state index contributed by atoms with van der Waals surface area (Å²) in [6.45, 7) is 6.63. The van der Waals surface area contributed by atoms with Crippen LogP contribution >= 0.6 is 0 Å². The molecule has 1 N–H and O–H groups in total. The van der Waals surface area contributed by atoms with E-state index in [0.29, 0.717) is 23.4 Å². The Morgan fingerprint density at radius 1 is 1.21 bits per heavy atom. The summed E-state index contributed by atoms with van der Waals surface area (Å²) in [5, 5.41) is 14.6. The van der Waals surface area contributed by atoms with Gasteiger partial charge in [-0.3, -0.25) is 10.1 Å². The first kappa shape index (κ1) is 21.0. The van der Waals surface area contributed by atoms with Crippen LogP contribution in [-0.4, -0.2) is 47.7 Å². The van der Waals surface area contributed by atoms with E-state index in [2.05, 4.69) is 17.1 Å². The van der Waals surface area contributed by atoms with Crippen LogP contribution in [-0.2, 0) is 4.74 Å². The second kappa shape index (κ2) is 9.65. The van der Waals surface area contributed by atoms with Gasteiger partial charge in [-0.2, -0.15) is 0 Å². The van der Waals surface area contributed by atoms with Crippen molar-refractivity contribution in [2.24, 2.45) is 0 Å². The highest BCUT2D eigenvalue weighted by Crippen LogP contribution is 2.31. The third kappa shape index (κ3) is 5.20. The average molecular weight is 394 g/mol. The van der Waals surface area contributed by atoms with Crippen LogP contribution < -0.4 is 5.32 Å². The number of rotatable bonds is 7. The average Bonchev–Trinajstić information content (AvgIpc) is 2.70. The second-order valence-corrected chi connectivity index (χ2v) is 8.13. The van der Waals surface area contributed by atoms with Crippen molar-refractivity contribution in [1.29, 1.82) is 0 Å². The molecule has 1 aliphatic carbocycles. The zero-order chi connectivity index (χ0) is 20.1. The second-order valence-electron chi connectivity index (χ2n) is 8.13. The molecule has 156 valence electrons. The van der Waals surface area contributed by atoms with Crippen molar-refractivity contribution < 1.29 is 14.1 Å². The number of hydrogen-bond acceptors (Lipinski definition) is 5. The topological polar surface area (TPSA) is 67.6 Å². The van der Waals surface area contributed by atoms with E-state index in [4.69, 9.17) is 4.74 Å². The standard InChI is InChI=1S/C21H32FN3O3/c1-3-12-28-18-6-4-17(5-7-18)24-10-8-16(9-11-24)23-20-13-15(2)19(22)14-21(20)25(26)27/h13-14,16-18,23H,3-12H2,1-2H3. The third-order valence-corrected chi connectivity index (χ3v) is 6.08. The van der Waals surface area contributed by atoms with Crippen LogP contribution in [0.3, 0.4) is 0 Å². The van der Waals surface area contributed by atoms with Crippen LogP contribution in [0.5, 0.6) is 0 Å². The van der Waals surface area contributed by atoms with Crippen molar-refractivity contribution in [1.82, 2.24) is 4.90 Å². The van der Waals surface area contributed by atoms with Crippen molar-refractivity contribution in [3.8, 4) is 0 Å². The zero-order valence-corrected chi connectivity index (χ0v) is 17.0. The smallest absolute Gasteiger partial charge is 0.295 e. The van der Waals surface area contributed by atoms with Gasteiger partial charge in [-0.25, -0.2) is 4.39 Å². The molecule has 0 unspecified atom stereocenters. The minimum atomic E-state index is -0.536. The fraction of sp³-hybridized carbons (Fsp3) is 0.714. The van der Waals surface area contributed by atoms with E-state index in [9.17, 15) is 14.5 Å². The number of halogens is 1. The molecule has 0 radical (unpaired) electrons. The zero-order valence-electron chi connectivity index (χ0n) is 17.0. The van der Waals surface area contributed by atoms with E-state index in [-0.39, 0.29) is 11.7 Å². The van der Waals surface area contributed by atoms with Crippen molar-refractivity contribution in [2.45, 2.75) is 77.0 Å². The van der Waals surface area contributed by atoms with Gasteiger partial charge in [0.2, 0.25) is 0 Å². The summed E-state index contributed by atoms with van der Waals surface area (Å²) < 4.78 is 19.6. The van der Waals surface area contributed by atoms with Crippen molar-refractivity contribution >= 4 is 11.4 Å². The number of anilines is 1. The van der Waals surface area contributed by atoms with Crippen LogP contribution in [0.4, 0.5) is 15.8 Å². The summed E-state index contributed by atoms with van der Waals surface area (Å²) in [6, 6.07) is 3.39. The van der Waals surface area contributed by atoms with E-state index in [1.54, 1.807) is 13.0 Å². The Bertz CT molecular complexity index is 669. The lowest BCUT2D eigenvalue weighted by atomic mass is 9.90. The van der Waals surface area contributed by atoms with Crippen LogP contribution in [0.2, 0.25) is 0 Å². The van der Waals surface area contributed by atoms with Gasteiger partial charge < -0.3 is 15.0 Å². The molecule has 1 aromatic rings. The SMILES string of the molecule is CCCOC1CCC(N2CCC(Nc3cc(C)c(F)cc3[N+](=O)[O-])CC2)CC1. The summed E-state index contributed by atoms with van der Waals surface area (Å²) in [5.74, 6) is -0.536. The molecule has 0 amide bonds. The molecule has 0 aromatic heterocycles. The highest BCUT2D eigenvalue weighted by atomic mass is 19.1. The van der Waals surface area contributed by atoms with Gasteiger partial charge in [-0.05, 0) is 63.5 Å². The minimum absolute atomic E-state index is 0.184. The fourth-order valence-electron chi connectivity index (χ4n) is 4.43. The van der Waals surface area contributed by atoms with Gasteiger partial charge >= 0.3 is 0 Å². The lowest BCUT2D eigenvalue weighted by molar-refractivity contribution is -0.384. The molecule has 1 aromatic carbocycles. The van der Waals surface area contributed by atoms with Gasteiger partial charge in [0.1, 0.15) is 11.5 Å². The first-order chi connectivity index (χ1) is 13.5. The molecule has 3 rings (SSSR count). The molecular formula is C21H32FN3O3. The first-order valence-electron chi connectivity index (χ1n) is 10.5. The van der Waals surface area contributed by atoms with Gasteiger partial charge in [0.05, 0.1) is 17.1 Å². The Hall–Kier alpha value is -1.73. The maximum atomic E-state index is 13.7. The Morgan fingerprint density at radius 3 is 2.50 bits per heavy atom. The number of ether oxygens (including phenoxy) is 1. The molecular weight excluding hydrogens is 361 g/mol. The van der Waals surface area contributed by atoms with Gasteiger partial charge in [0, 0.05) is 31.8 Å². The molecule has 7 heteroatoms. The van der Waals surface area contributed by atoms with Crippen LogP contribution in [0.1, 0.15) is 57.4 Å². The number of nitro groups is 1. The quantitative estimate of drug-likeness (QED) is 0.539. The minimum Gasteiger partial charge on any atom is -0.378 e. The monoisotopic (exact) mass is 393 g/mol. The number of hydrogen-bond donors (Lipinski definition) is 1. The molecule has 1 saturated carbocycles. The molecule has 0 spiro atoms. The van der Waals surface area contributed by atoms with E-state index in [0.717, 1.165) is 57.9 Å². The Labute approximate surface area is 166 Å². The number of benzene rings is 1. The van der Waals surface area contributed by atoms with Crippen LogP contribution in [0, 0.1) is 22.9 Å². The molecule has 1 saturated heterocycles.